The Morgan fingerprint density at radius 1 is 1.04 bits per heavy atom. The second-order valence-corrected chi connectivity index (χ2v) is 6.47. The maximum absolute atomic E-state index is 13.7. The number of likely N-dealkylation sites (tertiary alicyclic amines) is 1. The van der Waals surface area contributed by atoms with Crippen LogP contribution in [0.3, 0.4) is 0 Å². The average Bonchev–Trinajstić information content (AvgIpc) is 3.12. The predicted octanol–water partition coefficient (Wildman–Crippen LogP) is 4.17. The van der Waals surface area contributed by atoms with Crippen molar-refractivity contribution in [2.75, 3.05) is 18.4 Å². The number of hydrogen-bond acceptors (Lipinski definition) is 2. The van der Waals surface area contributed by atoms with Crippen LogP contribution in [0.5, 0.6) is 0 Å². The van der Waals surface area contributed by atoms with Crippen LogP contribution < -0.4 is 10.6 Å². The number of rotatable bonds is 5. The highest BCUT2D eigenvalue weighted by Gasteiger charge is 2.29. The minimum absolute atomic E-state index is 0.104. The third-order valence-electron chi connectivity index (χ3n) is 4.63. The van der Waals surface area contributed by atoms with E-state index in [9.17, 15) is 9.18 Å². The van der Waals surface area contributed by atoms with Crippen LogP contribution in [0.15, 0.2) is 54.6 Å². The van der Waals surface area contributed by atoms with E-state index < -0.39 is 11.8 Å². The van der Waals surface area contributed by atoms with E-state index in [1.807, 2.05) is 25.1 Å². The lowest BCUT2D eigenvalue weighted by atomic mass is 9.99. The maximum atomic E-state index is 13.7. The quantitative estimate of drug-likeness (QED) is 0.857. The van der Waals surface area contributed by atoms with Crippen molar-refractivity contribution in [2.45, 2.75) is 31.8 Å². The summed E-state index contributed by atoms with van der Waals surface area (Å²) in [5.41, 5.74) is 1.37. The van der Waals surface area contributed by atoms with Crippen molar-refractivity contribution in [2.24, 2.45) is 0 Å². The van der Waals surface area contributed by atoms with Crippen molar-refractivity contribution in [3.05, 3.63) is 66.0 Å². The Bertz CT molecular complexity index is 701. The van der Waals surface area contributed by atoms with Gasteiger partial charge < -0.3 is 10.6 Å². The smallest absolute Gasteiger partial charge is 0.319 e. The second kappa shape index (κ2) is 8.12. The minimum Gasteiger partial charge on any atom is -0.333 e. The van der Waals surface area contributed by atoms with Crippen molar-refractivity contribution in [1.29, 1.82) is 0 Å². The normalized spacial score (nSPS) is 17.0. The van der Waals surface area contributed by atoms with Gasteiger partial charge in [-0.05, 0) is 50.6 Å². The molecule has 5 heteroatoms. The molecular weight excluding hydrogens is 317 g/mol. The van der Waals surface area contributed by atoms with E-state index in [2.05, 4.69) is 27.7 Å². The van der Waals surface area contributed by atoms with Gasteiger partial charge in [-0.25, -0.2) is 9.18 Å². The molecule has 2 atom stereocenters. The Hall–Kier alpha value is -2.40. The molecule has 0 bridgehead atoms. The summed E-state index contributed by atoms with van der Waals surface area (Å²) in [5, 5.41) is 5.57. The molecule has 2 amide bonds. The molecule has 2 N–H and O–H groups in total. The predicted molar refractivity (Wildman–Crippen MR) is 98.0 cm³/mol. The monoisotopic (exact) mass is 341 g/mol. The zero-order valence-corrected chi connectivity index (χ0v) is 14.4. The molecule has 1 heterocycles. The Morgan fingerprint density at radius 3 is 2.36 bits per heavy atom. The summed E-state index contributed by atoms with van der Waals surface area (Å²) in [6, 6.07) is 16.0. The summed E-state index contributed by atoms with van der Waals surface area (Å²) in [5.74, 6) is -0.440. The van der Waals surface area contributed by atoms with Crippen LogP contribution >= 0.6 is 0 Å². The van der Waals surface area contributed by atoms with Crippen LogP contribution in [0.4, 0.5) is 14.9 Å². The second-order valence-electron chi connectivity index (χ2n) is 6.47. The third kappa shape index (κ3) is 4.37. The van der Waals surface area contributed by atoms with Gasteiger partial charge in [0.2, 0.25) is 0 Å². The molecule has 0 saturated carbocycles. The van der Waals surface area contributed by atoms with E-state index >= 15 is 0 Å². The van der Waals surface area contributed by atoms with Gasteiger partial charge >= 0.3 is 6.03 Å². The van der Waals surface area contributed by atoms with Gasteiger partial charge in [-0.2, -0.15) is 0 Å². The number of carbonyl (C=O) groups is 1. The lowest BCUT2D eigenvalue weighted by Crippen LogP contribution is -2.45. The van der Waals surface area contributed by atoms with Gasteiger partial charge in [0.05, 0.1) is 11.7 Å². The van der Waals surface area contributed by atoms with Gasteiger partial charge in [-0.15, -0.1) is 0 Å². The van der Waals surface area contributed by atoms with Crippen LogP contribution in [-0.2, 0) is 0 Å². The molecule has 1 aliphatic heterocycles. The van der Waals surface area contributed by atoms with Crippen LogP contribution in [0.2, 0.25) is 0 Å². The van der Waals surface area contributed by atoms with Gasteiger partial charge in [0, 0.05) is 6.04 Å². The van der Waals surface area contributed by atoms with E-state index in [1.165, 1.54) is 24.5 Å². The molecule has 25 heavy (non-hydrogen) atoms. The van der Waals surface area contributed by atoms with Crippen molar-refractivity contribution < 1.29 is 9.18 Å². The summed E-state index contributed by atoms with van der Waals surface area (Å²) in [4.78, 5) is 14.7. The number of para-hydroxylation sites is 1. The molecule has 1 aliphatic rings. The number of amides is 2. The number of carbonyl (C=O) groups excluding carboxylic acids is 1. The van der Waals surface area contributed by atoms with E-state index in [4.69, 9.17) is 0 Å². The Balaban J connectivity index is 1.70. The topological polar surface area (TPSA) is 44.4 Å². The first kappa shape index (κ1) is 17.4. The van der Waals surface area contributed by atoms with Crippen LogP contribution in [-0.4, -0.2) is 30.1 Å². The van der Waals surface area contributed by atoms with Gasteiger partial charge in [0.25, 0.3) is 0 Å². The molecule has 3 rings (SSSR count). The van der Waals surface area contributed by atoms with Gasteiger partial charge in [0.1, 0.15) is 5.82 Å². The van der Waals surface area contributed by atoms with Crippen molar-refractivity contribution in [1.82, 2.24) is 10.2 Å². The molecule has 0 unspecified atom stereocenters. The molecule has 2 aromatic carbocycles. The zero-order chi connectivity index (χ0) is 17.6. The number of urea groups is 1. The van der Waals surface area contributed by atoms with Gasteiger partial charge in [0.15, 0.2) is 0 Å². The maximum Gasteiger partial charge on any atom is 0.319 e. The molecule has 1 fully saturated rings. The Kier molecular flexibility index (Phi) is 5.66. The molecule has 2 aromatic rings. The molecular formula is C20H24FN3O. The van der Waals surface area contributed by atoms with E-state index in [0.29, 0.717) is 0 Å². The molecule has 0 radical (unpaired) electrons. The van der Waals surface area contributed by atoms with E-state index in [-0.39, 0.29) is 17.8 Å². The summed E-state index contributed by atoms with van der Waals surface area (Å²) in [7, 11) is 0. The number of anilines is 1. The summed E-state index contributed by atoms with van der Waals surface area (Å²) >= 11 is 0. The van der Waals surface area contributed by atoms with Crippen molar-refractivity contribution in [3.63, 3.8) is 0 Å². The molecule has 0 aliphatic carbocycles. The summed E-state index contributed by atoms with van der Waals surface area (Å²) in [6.45, 7) is 4.05. The number of hydrogen-bond donors (Lipinski definition) is 2. The first-order valence-electron chi connectivity index (χ1n) is 8.76. The highest BCUT2D eigenvalue weighted by atomic mass is 19.1. The minimum atomic E-state index is -0.440. The van der Waals surface area contributed by atoms with Crippen molar-refractivity contribution in [3.8, 4) is 0 Å². The van der Waals surface area contributed by atoms with Gasteiger partial charge in [-0.3, -0.25) is 4.90 Å². The van der Waals surface area contributed by atoms with Crippen LogP contribution in [0.25, 0.3) is 0 Å². The highest BCUT2D eigenvalue weighted by molar-refractivity contribution is 5.89. The number of halogens is 1. The third-order valence-corrected chi connectivity index (χ3v) is 4.63. The summed E-state index contributed by atoms with van der Waals surface area (Å²) < 4.78 is 13.7. The largest absolute Gasteiger partial charge is 0.333 e. The number of benzene rings is 2. The SMILES string of the molecule is C[C@@H](NC(=O)Nc1ccccc1F)[C@@H](c1ccccc1)N1CCCC1. The van der Waals surface area contributed by atoms with Crippen LogP contribution in [0, 0.1) is 5.82 Å². The van der Waals surface area contributed by atoms with E-state index in [0.717, 1.165) is 13.1 Å². The van der Waals surface area contributed by atoms with Crippen LogP contribution in [0.1, 0.15) is 31.4 Å². The number of nitrogens with zero attached hydrogens (tertiary/aromatic N) is 1. The highest BCUT2D eigenvalue weighted by Crippen LogP contribution is 2.28. The fourth-order valence-corrected chi connectivity index (χ4v) is 3.49. The first-order valence-corrected chi connectivity index (χ1v) is 8.76. The molecule has 0 aromatic heterocycles. The zero-order valence-electron chi connectivity index (χ0n) is 14.4. The number of nitrogens with one attached hydrogen (secondary N) is 2. The van der Waals surface area contributed by atoms with Crippen molar-refractivity contribution >= 4 is 11.7 Å². The first-order chi connectivity index (χ1) is 12.1. The Labute approximate surface area is 148 Å². The van der Waals surface area contributed by atoms with Gasteiger partial charge in [-0.1, -0.05) is 42.5 Å². The molecule has 132 valence electrons. The standard InChI is InChI=1S/C20H24FN3O/c1-15(22-20(25)23-18-12-6-5-11-17(18)21)19(24-13-7-8-14-24)16-9-3-2-4-10-16/h2-6,9-12,15,19H,7-8,13-14H2,1H3,(H2,22,23,25)/t15-,19+/m1/s1. The molecule has 4 nitrogen and oxygen atoms in total. The fraction of sp³-hybridized carbons (Fsp3) is 0.350. The lowest BCUT2D eigenvalue weighted by Gasteiger charge is -2.33. The molecule has 0 spiro atoms. The Morgan fingerprint density at radius 2 is 1.68 bits per heavy atom. The fourth-order valence-electron chi connectivity index (χ4n) is 3.49. The lowest BCUT2D eigenvalue weighted by molar-refractivity contribution is 0.197. The average molecular weight is 341 g/mol. The molecule has 1 saturated heterocycles. The van der Waals surface area contributed by atoms with E-state index in [1.54, 1.807) is 18.2 Å². The summed E-state index contributed by atoms with van der Waals surface area (Å²) in [6.07, 6.45) is 2.36.